The lowest BCUT2D eigenvalue weighted by Gasteiger charge is -2.24. The molecule has 2 aromatic heterocycles. The number of methoxy groups -OCH3 is 2. The summed E-state index contributed by atoms with van der Waals surface area (Å²) in [6, 6.07) is 32.3. The zero-order chi connectivity index (χ0) is 37.4. The van der Waals surface area contributed by atoms with E-state index in [1.807, 2.05) is 12.1 Å². The van der Waals surface area contributed by atoms with Gasteiger partial charge in [0.1, 0.15) is 35.5 Å². The SMILES string of the molecule is COc1ccc(-c2ncc(-c3cn([C@@H]4O[C@H](COC(=O)c5ccccc5)[C@@H](OC(=O)c5ccccc5)[C@H]4OC(=O)c4ccccc4)nn3)nc2OC)cc1. The predicted octanol–water partition coefficient (Wildman–Crippen LogP) is 5.62. The van der Waals surface area contributed by atoms with E-state index in [4.69, 9.17) is 28.4 Å². The van der Waals surface area contributed by atoms with E-state index >= 15 is 0 Å². The third-order valence-corrected chi connectivity index (χ3v) is 8.51. The fourth-order valence-corrected chi connectivity index (χ4v) is 5.77. The highest BCUT2D eigenvalue weighted by atomic mass is 16.7. The molecule has 0 spiro atoms. The van der Waals surface area contributed by atoms with Crippen LogP contribution in [0.25, 0.3) is 22.6 Å². The van der Waals surface area contributed by atoms with Gasteiger partial charge < -0.3 is 28.4 Å². The summed E-state index contributed by atoms with van der Waals surface area (Å²) in [5.74, 6) is -1.10. The summed E-state index contributed by atoms with van der Waals surface area (Å²) < 4.78 is 36.2. The zero-order valence-corrected chi connectivity index (χ0v) is 29.1. The van der Waals surface area contributed by atoms with E-state index in [9.17, 15) is 14.4 Å². The third kappa shape index (κ3) is 7.78. The van der Waals surface area contributed by atoms with Gasteiger partial charge in [0, 0.05) is 5.56 Å². The van der Waals surface area contributed by atoms with Crippen LogP contribution in [0.3, 0.4) is 0 Å². The van der Waals surface area contributed by atoms with E-state index < -0.39 is 42.4 Å². The maximum atomic E-state index is 13.5. The largest absolute Gasteiger partial charge is 0.497 e. The first kappa shape index (κ1) is 35.5. The fraction of sp³-hybridized carbons (Fsp3) is 0.175. The zero-order valence-electron chi connectivity index (χ0n) is 29.1. The van der Waals surface area contributed by atoms with Gasteiger partial charge in [-0.15, -0.1) is 5.10 Å². The maximum absolute atomic E-state index is 13.5. The molecule has 7 rings (SSSR count). The monoisotopic (exact) mass is 727 g/mol. The number of ether oxygens (including phenoxy) is 6. The van der Waals surface area contributed by atoms with Crippen LogP contribution in [0.1, 0.15) is 37.3 Å². The van der Waals surface area contributed by atoms with Crippen LogP contribution in [0.15, 0.2) is 128 Å². The average molecular weight is 728 g/mol. The molecular formula is C40H33N5O9. The van der Waals surface area contributed by atoms with Gasteiger partial charge in [-0.05, 0) is 60.7 Å². The molecule has 14 nitrogen and oxygen atoms in total. The molecule has 14 heteroatoms. The van der Waals surface area contributed by atoms with Crippen LogP contribution in [-0.4, -0.2) is 82.0 Å². The molecule has 4 atom stereocenters. The second-order valence-corrected chi connectivity index (χ2v) is 11.9. The molecule has 0 amide bonds. The number of rotatable bonds is 12. The minimum Gasteiger partial charge on any atom is -0.497 e. The number of hydrogen-bond donors (Lipinski definition) is 0. The number of hydrogen-bond acceptors (Lipinski definition) is 13. The Bertz CT molecular complexity index is 2220. The summed E-state index contributed by atoms with van der Waals surface area (Å²) >= 11 is 0. The highest BCUT2D eigenvalue weighted by Crippen LogP contribution is 2.36. The lowest BCUT2D eigenvalue weighted by molar-refractivity contribution is -0.0678. The second-order valence-electron chi connectivity index (χ2n) is 11.9. The lowest BCUT2D eigenvalue weighted by atomic mass is 10.1. The second kappa shape index (κ2) is 16.2. The van der Waals surface area contributed by atoms with Gasteiger partial charge >= 0.3 is 17.9 Å². The van der Waals surface area contributed by atoms with Crippen molar-refractivity contribution in [2.45, 2.75) is 24.5 Å². The molecule has 1 fully saturated rings. The lowest BCUT2D eigenvalue weighted by Crippen LogP contribution is -2.41. The third-order valence-electron chi connectivity index (χ3n) is 8.51. The molecule has 1 saturated heterocycles. The maximum Gasteiger partial charge on any atom is 0.338 e. The van der Waals surface area contributed by atoms with Gasteiger partial charge in [0.15, 0.2) is 18.4 Å². The molecule has 6 aromatic rings. The minimum absolute atomic E-state index is 0.243. The van der Waals surface area contributed by atoms with Gasteiger partial charge in [-0.25, -0.2) is 29.0 Å². The number of aromatic nitrogens is 5. The van der Waals surface area contributed by atoms with E-state index in [1.165, 1.54) is 24.2 Å². The van der Waals surface area contributed by atoms with Gasteiger partial charge in [0.05, 0.1) is 43.3 Å². The topological polar surface area (TPSA) is 163 Å². The van der Waals surface area contributed by atoms with Crippen molar-refractivity contribution < 1.29 is 42.8 Å². The molecule has 54 heavy (non-hydrogen) atoms. The molecule has 1 aliphatic rings. The molecular weight excluding hydrogens is 694 g/mol. The van der Waals surface area contributed by atoms with Crippen molar-refractivity contribution in [1.29, 1.82) is 0 Å². The van der Waals surface area contributed by atoms with E-state index in [0.717, 1.165) is 5.56 Å². The molecule has 0 bridgehead atoms. The predicted molar refractivity (Wildman–Crippen MR) is 192 cm³/mol. The highest BCUT2D eigenvalue weighted by molar-refractivity contribution is 5.91. The first-order valence-electron chi connectivity index (χ1n) is 16.8. The Morgan fingerprint density at radius 1 is 0.685 bits per heavy atom. The Kier molecular flexibility index (Phi) is 10.6. The number of esters is 3. The highest BCUT2D eigenvalue weighted by Gasteiger charge is 2.52. The van der Waals surface area contributed by atoms with Crippen molar-refractivity contribution in [3.63, 3.8) is 0 Å². The van der Waals surface area contributed by atoms with E-state index in [0.29, 0.717) is 22.7 Å². The van der Waals surface area contributed by atoms with Gasteiger partial charge in [-0.3, -0.25) is 0 Å². The van der Waals surface area contributed by atoms with Gasteiger partial charge in [-0.1, -0.05) is 59.8 Å². The standard InChI is InChI=1S/C40H33N5O9/c1-49-29-20-18-25(19-21-29)33-36(50-2)42-30(22-41-33)31-23-45(44-43-31)37-35(54-40(48)28-16-10-5-11-17-28)34(53-39(47)27-14-8-4-9-15-27)32(52-37)24-51-38(46)26-12-6-3-7-13-26/h3-23,32,34-35,37H,24H2,1-2H3/t32-,34-,35-,37-/m1/s1. The van der Waals surface area contributed by atoms with Crippen molar-refractivity contribution in [2.24, 2.45) is 0 Å². The molecule has 4 aromatic carbocycles. The molecule has 0 unspecified atom stereocenters. The Balaban J connectivity index is 1.21. The Morgan fingerprint density at radius 3 is 1.83 bits per heavy atom. The molecule has 0 N–H and O–H groups in total. The smallest absolute Gasteiger partial charge is 0.338 e. The Labute approximate surface area is 309 Å². The van der Waals surface area contributed by atoms with Gasteiger partial charge in [0.25, 0.3) is 0 Å². The van der Waals surface area contributed by atoms with Crippen molar-refractivity contribution in [1.82, 2.24) is 25.0 Å². The van der Waals surface area contributed by atoms with Gasteiger partial charge in [-0.2, -0.15) is 0 Å². The summed E-state index contributed by atoms with van der Waals surface area (Å²) in [7, 11) is 3.07. The molecule has 1 aliphatic heterocycles. The van der Waals surface area contributed by atoms with Crippen LogP contribution < -0.4 is 9.47 Å². The molecule has 272 valence electrons. The number of benzene rings is 4. The van der Waals surface area contributed by atoms with Crippen LogP contribution in [0.4, 0.5) is 0 Å². The molecule has 0 saturated carbocycles. The first-order chi connectivity index (χ1) is 26.4. The summed E-state index contributed by atoms with van der Waals surface area (Å²) in [5.41, 5.74) is 2.69. The summed E-state index contributed by atoms with van der Waals surface area (Å²) in [5, 5.41) is 8.59. The quantitative estimate of drug-likeness (QED) is 0.113. The fourth-order valence-electron chi connectivity index (χ4n) is 5.77. The minimum atomic E-state index is -1.28. The number of carbonyl (C=O) groups excluding carboxylic acids is 3. The Morgan fingerprint density at radius 2 is 1.26 bits per heavy atom. The summed E-state index contributed by atoms with van der Waals surface area (Å²) in [6.45, 7) is -0.354. The number of carbonyl (C=O) groups is 3. The van der Waals surface area contributed by atoms with E-state index in [1.54, 1.807) is 110 Å². The van der Waals surface area contributed by atoms with Crippen molar-refractivity contribution in [3.05, 3.63) is 144 Å². The van der Waals surface area contributed by atoms with Crippen molar-refractivity contribution in [2.75, 3.05) is 20.8 Å². The van der Waals surface area contributed by atoms with Crippen LogP contribution in [0.5, 0.6) is 11.6 Å². The Hall–Kier alpha value is -6.93. The van der Waals surface area contributed by atoms with Crippen molar-refractivity contribution in [3.8, 4) is 34.3 Å². The van der Waals surface area contributed by atoms with Crippen LogP contribution >= 0.6 is 0 Å². The van der Waals surface area contributed by atoms with Crippen LogP contribution in [0.2, 0.25) is 0 Å². The summed E-state index contributed by atoms with van der Waals surface area (Å²) in [4.78, 5) is 49.2. The van der Waals surface area contributed by atoms with Crippen molar-refractivity contribution >= 4 is 17.9 Å². The van der Waals surface area contributed by atoms with E-state index in [-0.39, 0.29) is 29.3 Å². The normalized spacial score (nSPS) is 17.7. The average Bonchev–Trinajstić information content (AvgIpc) is 3.85. The number of nitrogens with zero attached hydrogens (tertiary/aromatic N) is 5. The van der Waals surface area contributed by atoms with E-state index in [2.05, 4.69) is 20.3 Å². The molecule has 0 aliphatic carbocycles. The molecule has 0 radical (unpaired) electrons. The molecule has 3 heterocycles. The van der Waals surface area contributed by atoms with Crippen LogP contribution in [0, 0.1) is 0 Å². The summed E-state index contributed by atoms with van der Waals surface area (Å²) in [6.07, 6.45) is -1.77. The van der Waals surface area contributed by atoms with Gasteiger partial charge in [0.2, 0.25) is 5.88 Å². The van der Waals surface area contributed by atoms with Crippen LogP contribution in [-0.2, 0) is 18.9 Å². The first-order valence-corrected chi connectivity index (χ1v) is 16.8.